The summed E-state index contributed by atoms with van der Waals surface area (Å²) in [7, 11) is 3.25. The van der Waals surface area contributed by atoms with Gasteiger partial charge in [-0.05, 0) is 47.9 Å². The maximum atomic E-state index is 11.4. The van der Waals surface area contributed by atoms with Crippen LogP contribution in [0, 0.1) is 6.92 Å². The third-order valence-corrected chi connectivity index (χ3v) is 4.07. The smallest absolute Gasteiger partial charge is 0.261 e. The minimum Gasteiger partial charge on any atom is -0.497 e. The first-order valence-electron chi connectivity index (χ1n) is 5.61. The molecule has 5 heteroatoms. The maximum Gasteiger partial charge on any atom is 0.261 e. The van der Waals surface area contributed by atoms with Gasteiger partial charge in [0.05, 0.1) is 12.0 Å². The third kappa shape index (κ3) is 3.28. The van der Waals surface area contributed by atoms with Crippen molar-refractivity contribution in [3.8, 4) is 16.9 Å². The number of rotatable bonds is 3. The number of hydrogen-bond acceptors (Lipinski definition) is 3. The average molecular weight is 297 g/mol. The van der Waals surface area contributed by atoms with Crippen LogP contribution < -0.4 is 4.74 Å². The minimum absolute atomic E-state index is 0.104. The maximum absolute atomic E-state index is 11.4. The van der Waals surface area contributed by atoms with Gasteiger partial charge in [-0.15, -0.1) is 0 Å². The molecule has 3 nitrogen and oxygen atoms in total. The van der Waals surface area contributed by atoms with Crippen LogP contribution in [0.5, 0.6) is 5.75 Å². The van der Waals surface area contributed by atoms with E-state index in [4.69, 9.17) is 15.4 Å². The van der Waals surface area contributed by atoms with Crippen LogP contribution in [0.15, 0.2) is 47.4 Å². The Kier molecular flexibility index (Phi) is 3.83. The Morgan fingerprint density at radius 1 is 1.05 bits per heavy atom. The number of hydrogen-bond donors (Lipinski definition) is 0. The van der Waals surface area contributed by atoms with E-state index in [1.54, 1.807) is 19.2 Å². The Balaban J connectivity index is 2.59. The van der Waals surface area contributed by atoms with Gasteiger partial charge in [-0.25, -0.2) is 8.42 Å². The van der Waals surface area contributed by atoms with Gasteiger partial charge >= 0.3 is 0 Å². The zero-order valence-electron chi connectivity index (χ0n) is 10.6. The van der Waals surface area contributed by atoms with E-state index in [2.05, 4.69) is 0 Å². The van der Waals surface area contributed by atoms with Crippen molar-refractivity contribution in [2.24, 2.45) is 0 Å². The van der Waals surface area contributed by atoms with Crippen LogP contribution in [0.25, 0.3) is 11.1 Å². The second-order valence-electron chi connectivity index (χ2n) is 4.20. The van der Waals surface area contributed by atoms with E-state index in [1.807, 2.05) is 37.3 Å². The van der Waals surface area contributed by atoms with E-state index >= 15 is 0 Å². The Bertz CT molecular complexity index is 708. The number of benzene rings is 2. The summed E-state index contributed by atoms with van der Waals surface area (Å²) in [5.74, 6) is 0.717. The molecule has 2 aromatic rings. The molecule has 0 atom stereocenters. The summed E-state index contributed by atoms with van der Waals surface area (Å²) in [6, 6.07) is 12.4. The molecule has 0 aliphatic rings. The second-order valence-corrected chi connectivity index (χ2v) is 6.77. The van der Waals surface area contributed by atoms with Crippen molar-refractivity contribution in [2.75, 3.05) is 7.11 Å². The quantitative estimate of drug-likeness (QED) is 0.813. The first kappa shape index (κ1) is 13.9. The van der Waals surface area contributed by atoms with E-state index in [-0.39, 0.29) is 4.90 Å². The standard InChI is InChI=1S/C14H13ClO3S/c1-10-6-12(9-14(7-10)19(15,16)17)11-4-3-5-13(8-11)18-2/h3-9H,1-2H3. The summed E-state index contributed by atoms with van der Waals surface area (Å²) in [6.07, 6.45) is 0. The average Bonchev–Trinajstić information content (AvgIpc) is 2.37. The molecule has 0 radical (unpaired) electrons. The van der Waals surface area contributed by atoms with Crippen LogP contribution >= 0.6 is 10.7 Å². The van der Waals surface area contributed by atoms with Gasteiger partial charge in [-0.3, -0.25) is 0 Å². The van der Waals surface area contributed by atoms with E-state index in [0.29, 0.717) is 5.75 Å². The summed E-state index contributed by atoms with van der Waals surface area (Å²) in [5, 5.41) is 0. The molecule has 19 heavy (non-hydrogen) atoms. The number of aryl methyl sites for hydroxylation is 1. The van der Waals surface area contributed by atoms with E-state index in [1.165, 1.54) is 0 Å². The van der Waals surface area contributed by atoms with Crippen molar-refractivity contribution >= 4 is 19.7 Å². The first-order chi connectivity index (χ1) is 8.90. The lowest BCUT2D eigenvalue weighted by Gasteiger charge is -2.07. The van der Waals surface area contributed by atoms with Gasteiger partial charge in [0.15, 0.2) is 0 Å². The SMILES string of the molecule is COc1cccc(-c2cc(C)cc(S(=O)(=O)Cl)c2)c1. The molecule has 0 saturated heterocycles. The molecule has 0 amide bonds. The molecule has 0 bridgehead atoms. The second kappa shape index (κ2) is 5.23. The Hall–Kier alpha value is -1.52. The highest BCUT2D eigenvalue weighted by Gasteiger charge is 2.12. The van der Waals surface area contributed by atoms with Crippen molar-refractivity contribution < 1.29 is 13.2 Å². The van der Waals surface area contributed by atoms with E-state index < -0.39 is 9.05 Å². The fraction of sp³-hybridized carbons (Fsp3) is 0.143. The molecule has 0 heterocycles. The summed E-state index contributed by atoms with van der Waals surface area (Å²) in [4.78, 5) is 0.104. The minimum atomic E-state index is -3.73. The van der Waals surface area contributed by atoms with Crippen LogP contribution in [0.4, 0.5) is 0 Å². The first-order valence-corrected chi connectivity index (χ1v) is 7.92. The molecule has 100 valence electrons. The number of methoxy groups -OCH3 is 1. The van der Waals surface area contributed by atoms with Gasteiger partial charge in [0.25, 0.3) is 9.05 Å². The molecule has 0 spiro atoms. The lowest BCUT2D eigenvalue weighted by molar-refractivity contribution is 0.415. The van der Waals surface area contributed by atoms with Gasteiger partial charge in [0, 0.05) is 10.7 Å². The highest BCUT2D eigenvalue weighted by Crippen LogP contribution is 2.28. The highest BCUT2D eigenvalue weighted by molar-refractivity contribution is 8.13. The Morgan fingerprint density at radius 3 is 2.42 bits per heavy atom. The van der Waals surface area contributed by atoms with Gasteiger partial charge in [0.2, 0.25) is 0 Å². The van der Waals surface area contributed by atoms with Crippen molar-refractivity contribution in [2.45, 2.75) is 11.8 Å². The molecule has 0 N–H and O–H groups in total. The molecule has 0 unspecified atom stereocenters. The largest absolute Gasteiger partial charge is 0.497 e. The molecule has 0 saturated carbocycles. The fourth-order valence-corrected chi connectivity index (χ4v) is 2.72. The van der Waals surface area contributed by atoms with Gasteiger partial charge in [-0.1, -0.05) is 18.2 Å². The van der Waals surface area contributed by atoms with Crippen LogP contribution in [0.2, 0.25) is 0 Å². The molecule has 2 aromatic carbocycles. The summed E-state index contributed by atoms with van der Waals surface area (Å²) >= 11 is 0. The summed E-state index contributed by atoms with van der Waals surface area (Å²) in [5.41, 5.74) is 2.50. The molecule has 0 aliphatic heterocycles. The monoisotopic (exact) mass is 296 g/mol. The molecular weight excluding hydrogens is 284 g/mol. The van der Waals surface area contributed by atoms with Gasteiger partial charge in [-0.2, -0.15) is 0 Å². The molecule has 2 rings (SSSR count). The third-order valence-electron chi connectivity index (χ3n) is 2.74. The molecule has 0 fully saturated rings. The summed E-state index contributed by atoms with van der Waals surface area (Å²) in [6.45, 7) is 1.83. The molecule has 0 aromatic heterocycles. The van der Waals surface area contributed by atoms with E-state index in [9.17, 15) is 8.42 Å². The van der Waals surface area contributed by atoms with Crippen LogP contribution in [-0.2, 0) is 9.05 Å². The summed E-state index contributed by atoms with van der Waals surface area (Å²) < 4.78 is 28.0. The van der Waals surface area contributed by atoms with Gasteiger partial charge in [0.1, 0.15) is 5.75 Å². The van der Waals surface area contributed by atoms with Crippen LogP contribution in [-0.4, -0.2) is 15.5 Å². The predicted octanol–water partition coefficient (Wildman–Crippen LogP) is 3.60. The lowest BCUT2D eigenvalue weighted by atomic mass is 10.0. The number of ether oxygens (including phenoxy) is 1. The van der Waals surface area contributed by atoms with Crippen LogP contribution in [0.1, 0.15) is 5.56 Å². The van der Waals surface area contributed by atoms with Crippen molar-refractivity contribution in [1.82, 2.24) is 0 Å². The van der Waals surface area contributed by atoms with Gasteiger partial charge < -0.3 is 4.74 Å². The Labute approximate surface area is 117 Å². The molecular formula is C14H13ClO3S. The van der Waals surface area contributed by atoms with E-state index in [0.717, 1.165) is 16.7 Å². The zero-order chi connectivity index (χ0) is 14.0. The lowest BCUT2D eigenvalue weighted by Crippen LogP contribution is -1.93. The zero-order valence-corrected chi connectivity index (χ0v) is 12.1. The highest BCUT2D eigenvalue weighted by atomic mass is 35.7. The molecule has 0 aliphatic carbocycles. The van der Waals surface area contributed by atoms with Crippen molar-refractivity contribution in [3.05, 3.63) is 48.0 Å². The number of halogens is 1. The van der Waals surface area contributed by atoms with Crippen molar-refractivity contribution in [3.63, 3.8) is 0 Å². The Morgan fingerprint density at radius 2 is 1.79 bits per heavy atom. The topological polar surface area (TPSA) is 43.4 Å². The van der Waals surface area contributed by atoms with Crippen molar-refractivity contribution in [1.29, 1.82) is 0 Å². The van der Waals surface area contributed by atoms with Crippen LogP contribution in [0.3, 0.4) is 0 Å². The normalized spacial score (nSPS) is 11.3. The predicted molar refractivity (Wildman–Crippen MR) is 76.2 cm³/mol. The fourth-order valence-electron chi connectivity index (χ4n) is 1.86.